The molecule has 0 aliphatic heterocycles. The molecule has 169 valence electrons. The van der Waals surface area contributed by atoms with Crippen molar-refractivity contribution in [3.05, 3.63) is 60.2 Å². The fraction of sp³-hybridized carbons (Fsp3) is 0.538. The summed E-state index contributed by atoms with van der Waals surface area (Å²) in [5.74, 6) is -0.146. The van der Waals surface area contributed by atoms with Gasteiger partial charge in [0.05, 0.1) is 0 Å². The van der Waals surface area contributed by atoms with Crippen molar-refractivity contribution in [1.82, 2.24) is 0 Å². The van der Waals surface area contributed by atoms with Gasteiger partial charge in [0.1, 0.15) is 5.91 Å². The Morgan fingerprint density at radius 3 is 1.97 bits per heavy atom. The van der Waals surface area contributed by atoms with Crippen molar-refractivity contribution >= 4 is 28.9 Å². The molecule has 5 heteroatoms. The van der Waals surface area contributed by atoms with Crippen LogP contribution in [0.4, 0.5) is 0 Å². The van der Waals surface area contributed by atoms with Gasteiger partial charge in [-0.05, 0) is 36.1 Å². The predicted octanol–water partition coefficient (Wildman–Crippen LogP) is 4.73. The summed E-state index contributed by atoms with van der Waals surface area (Å²) in [7, 11) is -0.630. The molecule has 0 bridgehead atoms. The molecule has 0 saturated heterocycles. The first-order chi connectivity index (χ1) is 15.3. The highest BCUT2D eigenvalue weighted by molar-refractivity contribution is 6.67. The summed E-state index contributed by atoms with van der Waals surface area (Å²) < 4.78 is 18.7. The summed E-state index contributed by atoms with van der Waals surface area (Å²) in [5, 5.41) is 2.69. The molecule has 0 unspecified atom stereocenters. The minimum atomic E-state index is -1.12. The Morgan fingerprint density at radius 2 is 1.32 bits per heavy atom. The molecule has 2 rings (SSSR count). The summed E-state index contributed by atoms with van der Waals surface area (Å²) in [6, 6.07) is 20.5. The van der Waals surface area contributed by atoms with Crippen LogP contribution in [0.25, 0.3) is 0 Å². The van der Waals surface area contributed by atoms with Crippen LogP contribution in [-0.2, 0) is 19.9 Å². The zero-order chi connectivity index (χ0) is 22.2. The van der Waals surface area contributed by atoms with E-state index in [4.69, 9.17) is 13.9 Å². The van der Waals surface area contributed by atoms with Crippen LogP contribution in [0.5, 0.6) is 0 Å². The van der Waals surface area contributed by atoms with Crippen molar-refractivity contribution in [2.75, 3.05) is 19.8 Å². The first-order valence-electron chi connectivity index (χ1n) is 11.9. The van der Waals surface area contributed by atoms with E-state index in [2.05, 4.69) is 75.4 Å². The third-order valence-corrected chi connectivity index (χ3v) is 8.65. The van der Waals surface area contributed by atoms with Gasteiger partial charge in [-0.3, -0.25) is 0 Å². The second kappa shape index (κ2) is 16.4. The van der Waals surface area contributed by atoms with Gasteiger partial charge in [0.2, 0.25) is 0 Å². The molecule has 31 heavy (non-hydrogen) atoms. The van der Waals surface area contributed by atoms with Crippen molar-refractivity contribution in [3.63, 3.8) is 0 Å². The van der Waals surface area contributed by atoms with Gasteiger partial charge >= 0.3 is 0 Å². The van der Waals surface area contributed by atoms with Crippen molar-refractivity contribution < 1.29 is 13.9 Å². The first kappa shape index (κ1) is 26.0. The van der Waals surface area contributed by atoms with Gasteiger partial charge in [-0.15, -0.1) is 0 Å². The zero-order valence-corrected chi connectivity index (χ0v) is 21.6. The largest absolute Gasteiger partial charge is 0.411 e. The van der Waals surface area contributed by atoms with Crippen molar-refractivity contribution in [1.29, 1.82) is 0 Å². The smallest absolute Gasteiger partial charge is 0.251 e. The third kappa shape index (κ3) is 10.3. The SMILES string of the molecule is CCCCOC(OCCCC)[Si]c1ccccc1C[Si](OCCCC)c1ccccc1. The van der Waals surface area contributed by atoms with Crippen LogP contribution in [0, 0.1) is 0 Å². The summed E-state index contributed by atoms with van der Waals surface area (Å²) in [6.07, 6.45) is 6.70. The second-order valence-corrected chi connectivity index (χ2v) is 11.1. The number of ether oxygens (including phenoxy) is 2. The van der Waals surface area contributed by atoms with E-state index < -0.39 is 9.04 Å². The molecule has 0 spiro atoms. The average Bonchev–Trinajstić information content (AvgIpc) is 2.80. The average molecular weight is 456 g/mol. The lowest BCUT2D eigenvalue weighted by Gasteiger charge is -2.21. The fourth-order valence-electron chi connectivity index (χ4n) is 3.12. The Balaban J connectivity index is 2.12. The number of unbranched alkanes of at least 4 members (excludes halogenated alkanes) is 3. The highest BCUT2D eigenvalue weighted by atomic mass is 28.3. The minimum Gasteiger partial charge on any atom is -0.411 e. The third-order valence-electron chi connectivity index (χ3n) is 5.05. The molecular weight excluding hydrogens is 416 g/mol. The number of hydrogen-bond acceptors (Lipinski definition) is 3. The Morgan fingerprint density at radius 1 is 0.742 bits per heavy atom. The van der Waals surface area contributed by atoms with Gasteiger partial charge in [-0.2, -0.15) is 0 Å². The van der Waals surface area contributed by atoms with E-state index in [9.17, 15) is 0 Å². The second-order valence-electron chi connectivity index (χ2n) is 7.75. The lowest BCUT2D eigenvalue weighted by atomic mass is 10.2. The molecule has 0 N–H and O–H groups in total. The van der Waals surface area contributed by atoms with E-state index in [1.807, 2.05) is 0 Å². The highest BCUT2D eigenvalue weighted by Crippen LogP contribution is 2.07. The summed E-state index contributed by atoms with van der Waals surface area (Å²) in [4.78, 5) is 0. The Bertz CT molecular complexity index is 686. The maximum absolute atomic E-state index is 6.43. The first-order valence-corrected chi connectivity index (χ1v) is 14.6. The molecular formula is C26H39O3Si2. The topological polar surface area (TPSA) is 27.7 Å². The maximum atomic E-state index is 6.43. The molecule has 3 radical (unpaired) electrons. The number of hydrogen-bond donors (Lipinski definition) is 0. The monoisotopic (exact) mass is 455 g/mol. The molecule has 0 aliphatic carbocycles. The quantitative estimate of drug-likeness (QED) is 0.196. The van der Waals surface area contributed by atoms with Crippen LogP contribution in [0.15, 0.2) is 54.6 Å². The molecule has 3 nitrogen and oxygen atoms in total. The molecule has 0 amide bonds. The lowest BCUT2D eigenvalue weighted by Crippen LogP contribution is -2.40. The highest BCUT2D eigenvalue weighted by Gasteiger charge is 2.21. The number of rotatable bonds is 17. The van der Waals surface area contributed by atoms with Crippen molar-refractivity contribution in [2.24, 2.45) is 0 Å². The van der Waals surface area contributed by atoms with E-state index in [0.717, 1.165) is 64.4 Å². The van der Waals surface area contributed by atoms with Gasteiger partial charge < -0.3 is 13.9 Å². The molecule has 0 atom stereocenters. The molecule has 2 aromatic rings. The molecule has 0 saturated carbocycles. The van der Waals surface area contributed by atoms with Crippen molar-refractivity contribution in [2.45, 2.75) is 71.3 Å². The predicted molar refractivity (Wildman–Crippen MR) is 134 cm³/mol. The Labute approximate surface area is 194 Å². The summed E-state index contributed by atoms with van der Waals surface area (Å²) >= 11 is 0. The van der Waals surface area contributed by atoms with Crippen LogP contribution in [0.3, 0.4) is 0 Å². The lowest BCUT2D eigenvalue weighted by molar-refractivity contribution is -0.0910. The van der Waals surface area contributed by atoms with E-state index in [-0.39, 0.29) is 5.91 Å². The molecule has 0 heterocycles. The standard InChI is InChI=1S/C26H39O3Si2/c1-4-7-19-27-26(28-20-8-5-2)30-25-18-14-13-15-23(25)22-31(29-21-9-6-3)24-16-11-10-12-17-24/h10-18,26H,4-9,19-22H2,1-3H3. The number of benzene rings is 2. The maximum Gasteiger partial charge on any atom is 0.251 e. The minimum absolute atomic E-state index is 0.146. The van der Waals surface area contributed by atoms with Gasteiger partial charge in [-0.1, -0.05) is 99.8 Å². The molecule has 0 aliphatic rings. The molecule has 0 aromatic heterocycles. The summed E-state index contributed by atoms with van der Waals surface area (Å²) in [5.41, 5.74) is 1.37. The van der Waals surface area contributed by atoms with Crippen molar-refractivity contribution in [3.8, 4) is 0 Å². The normalized spacial score (nSPS) is 11.5. The van der Waals surface area contributed by atoms with E-state index in [1.165, 1.54) is 15.9 Å². The Kier molecular flexibility index (Phi) is 13.8. The summed E-state index contributed by atoms with van der Waals surface area (Å²) in [6.45, 7) is 8.97. The van der Waals surface area contributed by atoms with Crippen LogP contribution < -0.4 is 10.4 Å². The van der Waals surface area contributed by atoms with Gasteiger partial charge in [0, 0.05) is 19.8 Å². The molecule has 2 aromatic carbocycles. The molecule has 0 fully saturated rings. The van der Waals surface area contributed by atoms with Gasteiger partial charge in [0.15, 0.2) is 9.52 Å². The van der Waals surface area contributed by atoms with E-state index in [0.29, 0.717) is 9.52 Å². The fourth-order valence-corrected chi connectivity index (χ4v) is 6.58. The zero-order valence-electron chi connectivity index (χ0n) is 19.6. The van der Waals surface area contributed by atoms with Gasteiger partial charge in [0.25, 0.3) is 9.04 Å². The van der Waals surface area contributed by atoms with Crippen LogP contribution in [0.1, 0.15) is 64.9 Å². The Hall–Kier alpha value is -1.25. The van der Waals surface area contributed by atoms with Gasteiger partial charge in [-0.25, -0.2) is 0 Å². The van der Waals surface area contributed by atoms with Crippen LogP contribution >= 0.6 is 0 Å². The van der Waals surface area contributed by atoms with Crippen LogP contribution in [0.2, 0.25) is 0 Å². The van der Waals surface area contributed by atoms with E-state index >= 15 is 0 Å². The van der Waals surface area contributed by atoms with E-state index in [1.54, 1.807) is 0 Å². The van der Waals surface area contributed by atoms with Crippen LogP contribution in [-0.4, -0.2) is 44.3 Å².